The van der Waals surface area contributed by atoms with Crippen LogP contribution in [0.5, 0.6) is 0 Å². The van der Waals surface area contributed by atoms with Gasteiger partial charge in [-0.2, -0.15) is 0 Å². The maximum atomic E-state index is 12.2. The van der Waals surface area contributed by atoms with E-state index >= 15 is 0 Å². The van der Waals surface area contributed by atoms with Crippen molar-refractivity contribution in [1.29, 1.82) is 0 Å². The van der Waals surface area contributed by atoms with Gasteiger partial charge in [0.15, 0.2) is 10.3 Å². The molecule has 28 heavy (non-hydrogen) atoms. The molecule has 2 aromatic heterocycles. The van der Waals surface area contributed by atoms with Gasteiger partial charge in [-0.3, -0.25) is 9.59 Å². The molecule has 0 unspecified atom stereocenters. The molecule has 0 aliphatic heterocycles. The highest BCUT2D eigenvalue weighted by Crippen LogP contribution is 2.23. The number of benzene rings is 1. The van der Waals surface area contributed by atoms with E-state index in [1.807, 2.05) is 30.3 Å². The van der Waals surface area contributed by atoms with Crippen molar-refractivity contribution < 1.29 is 14.3 Å². The minimum atomic E-state index is -0.342. The molecule has 8 nitrogen and oxygen atoms in total. The van der Waals surface area contributed by atoms with Crippen LogP contribution in [0, 0.1) is 0 Å². The Labute approximate surface area is 170 Å². The van der Waals surface area contributed by atoms with Crippen LogP contribution in [0.3, 0.4) is 0 Å². The third kappa shape index (κ3) is 5.33. The van der Waals surface area contributed by atoms with Crippen molar-refractivity contribution in [3.63, 3.8) is 0 Å². The maximum absolute atomic E-state index is 12.2. The molecule has 0 saturated heterocycles. The summed E-state index contributed by atoms with van der Waals surface area (Å²) in [5, 5.41) is 5.41. The minimum Gasteiger partial charge on any atom is -0.466 e. The lowest BCUT2D eigenvalue weighted by Crippen LogP contribution is -2.15. The molecule has 3 rings (SSSR count). The number of amides is 1. The Morgan fingerprint density at radius 3 is 2.82 bits per heavy atom. The predicted octanol–water partition coefficient (Wildman–Crippen LogP) is 2.56. The monoisotopic (exact) mass is 417 g/mol. The number of thioether (sulfide) groups is 1. The molecular weight excluding hydrogens is 398 g/mol. The quantitative estimate of drug-likeness (QED) is 0.329. The van der Waals surface area contributed by atoms with Gasteiger partial charge >= 0.3 is 5.97 Å². The highest BCUT2D eigenvalue weighted by molar-refractivity contribution is 7.99. The van der Waals surface area contributed by atoms with Crippen LogP contribution in [-0.2, 0) is 20.7 Å². The number of hydrogen-bond donors (Lipinski definition) is 2. The Hall–Kier alpha value is -2.85. The summed E-state index contributed by atoms with van der Waals surface area (Å²) in [4.78, 5) is 32.3. The van der Waals surface area contributed by atoms with Gasteiger partial charge in [-0.25, -0.2) is 14.6 Å². The minimum absolute atomic E-state index is 0.0852. The van der Waals surface area contributed by atoms with E-state index in [-0.39, 0.29) is 24.1 Å². The molecule has 0 fully saturated rings. The number of carbonyl (C=O) groups is 2. The molecule has 146 valence electrons. The first-order chi connectivity index (χ1) is 13.5. The number of aromatic nitrogens is 3. The van der Waals surface area contributed by atoms with E-state index in [2.05, 4.69) is 15.3 Å². The highest BCUT2D eigenvalue weighted by Gasteiger charge is 2.13. The molecule has 0 aliphatic carbocycles. The molecule has 0 saturated carbocycles. The van der Waals surface area contributed by atoms with Crippen molar-refractivity contribution >= 4 is 40.1 Å². The topological polar surface area (TPSA) is 112 Å². The Morgan fingerprint density at radius 1 is 1.29 bits per heavy atom. The first-order valence-electron chi connectivity index (χ1n) is 8.47. The Kier molecular flexibility index (Phi) is 6.66. The first-order valence-corrected chi connectivity index (χ1v) is 10.3. The molecule has 0 atom stereocenters. The van der Waals surface area contributed by atoms with Gasteiger partial charge in [-0.15, -0.1) is 11.3 Å². The van der Waals surface area contributed by atoms with E-state index in [1.165, 1.54) is 27.8 Å². The number of nitrogens with two attached hydrogens (primary N) is 1. The smallest absolute Gasteiger partial charge is 0.311 e. The largest absolute Gasteiger partial charge is 0.466 e. The van der Waals surface area contributed by atoms with Crippen LogP contribution in [-0.4, -0.2) is 38.9 Å². The lowest BCUT2D eigenvalue weighted by Gasteiger charge is -2.02. The Balaban J connectivity index is 1.53. The van der Waals surface area contributed by atoms with Crippen molar-refractivity contribution in [3.8, 4) is 11.3 Å². The van der Waals surface area contributed by atoms with Crippen LogP contribution in [0.15, 0.2) is 47.1 Å². The number of anilines is 1. The van der Waals surface area contributed by atoms with Crippen LogP contribution in [0.25, 0.3) is 11.3 Å². The van der Waals surface area contributed by atoms with E-state index in [0.29, 0.717) is 22.6 Å². The molecule has 1 amide bonds. The maximum Gasteiger partial charge on any atom is 0.311 e. The zero-order valence-corrected chi connectivity index (χ0v) is 16.8. The van der Waals surface area contributed by atoms with Crippen LogP contribution < -0.4 is 11.2 Å². The summed E-state index contributed by atoms with van der Waals surface area (Å²) in [6, 6.07) is 9.67. The van der Waals surface area contributed by atoms with Gasteiger partial charge in [0.1, 0.15) is 0 Å². The molecule has 0 aliphatic rings. The van der Waals surface area contributed by atoms with Crippen LogP contribution >= 0.6 is 23.1 Å². The van der Waals surface area contributed by atoms with Gasteiger partial charge in [0.25, 0.3) is 0 Å². The molecule has 0 spiro atoms. The summed E-state index contributed by atoms with van der Waals surface area (Å²) in [7, 11) is 0. The molecule has 0 bridgehead atoms. The van der Waals surface area contributed by atoms with Crippen LogP contribution in [0.4, 0.5) is 5.13 Å². The van der Waals surface area contributed by atoms with E-state index in [4.69, 9.17) is 10.6 Å². The molecule has 10 heteroatoms. The Bertz CT molecular complexity index is 955. The number of carbonyl (C=O) groups excluding carboxylic acids is 2. The number of thiazole rings is 1. The zero-order valence-electron chi connectivity index (χ0n) is 15.1. The first kappa shape index (κ1) is 19.9. The molecule has 3 aromatic rings. The van der Waals surface area contributed by atoms with Gasteiger partial charge in [-0.05, 0) is 6.92 Å². The van der Waals surface area contributed by atoms with E-state index < -0.39 is 0 Å². The number of nitrogens with zero attached hydrogens (tertiary/aromatic N) is 3. The standard InChI is InChI=1S/C18H19N5O3S2/c1-2-26-16(25)8-13-10-27-17(20-13)22-15(24)11-28-18-21-14(9-23(18)19)12-6-4-3-5-7-12/h3-7,9-10H,2,8,11,19H2,1H3,(H,20,22,24). The van der Waals surface area contributed by atoms with Gasteiger partial charge < -0.3 is 15.9 Å². The third-order valence-corrected chi connectivity index (χ3v) is 5.30. The summed E-state index contributed by atoms with van der Waals surface area (Å²) >= 11 is 2.49. The zero-order chi connectivity index (χ0) is 19.9. The van der Waals surface area contributed by atoms with Gasteiger partial charge in [-0.1, -0.05) is 42.1 Å². The number of rotatable bonds is 8. The van der Waals surface area contributed by atoms with Gasteiger partial charge in [0.2, 0.25) is 5.91 Å². The normalized spacial score (nSPS) is 10.6. The summed E-state index contributed by atoms with van der Waals surface area (Å²) in [6.45, 7) is 2.07. The van der Waals surface area contributed by atoms with E-state index in [1.54, 1.807) is 18.5 Å². The summed E-state index contributed by atoms with van der Waals surface area (Å²) < 4.78 is 6.29. The molecule has 2 heterocycles. The predicted molar refractivity (Wildman–Crippen MR) is 110 cm³/mol. The van der Waals surface area contributed by atoms with Crippen molar-refractivity contribution in [2.24, 2.45) is 0 Å². The summed E-state index contributed by atoms with van der Waals surface area (Å²) in [6.07, 6.45) is 1.81. The van der Waals surface area contributed by atoms with E-state index in [9.17, 15) is 9.59 Å². The van der Waals surface area contributed by atoms with Crippen molar-refractivity contribution in [2.45, 2.75) is 18.5 Å². The van der Waals surface area contributed by atoms with Gasteiger partial charge in [0, 0.05) is 10.9 Å². The third-order valence-electron chi connectivity index (χ3n) is 3.53. The van der Waals surface area contributed by atoms with Crippen molar-refractivity contribution in [2.75, 3.05) is 23.5 Å². The fourth-order valence-corrected chi connectivity index (χ4v) is 3.75. The second-order valence-electron chi connectivity index (χ2n) is 5.64. The lowest BCUT2D eigenvalue weighted by molar-refractivity contribution is -0.142. The second kappa shape index (κ2) is 9.38. The second-order valence-corrected chi connectivity index (χ2v) is 7.45. The molecular formula is C18H19N5O3S2. The number of nitrogens with one attached hydrogen (secondary N) is 1. The number of nitrogen functional groups attached to an aromatic ring is 1. The average molecular weight is 418 g/mol. The summed E-state index contributed by atoms with van der Waals surface area (Å²) in [5.41, 5.74) is 2.26. The fourth-order valence-electron chi connectivity index (χ4n) is 2.32. The molecule has 3 N–H and O–H groups in total. The molecule has 0 radical (unpaired) electrons. The number of ether oxygens (including phenoxy) is 1. The van der Waals surface area contributed by atoms with Crippen molar-refractivity contribution in [1.82, 2.24) is 14.6 Å². The van der Waals surface area contributed by atoms with Crippen LogP contribution in [0.1, 0.15) is 12.6 Å². The van der Waals surface area contributed by atoms with Gasteiger partial charge in [0.05, 0.1) is 36.4 Å². The van der Waals surface area contributed by atoms with Crippen molar-refractivity contribution in [3.05, 3.63) is 47.6 Å². The lowest BCUT2D eigenvalue weighted by atomic mass is 10.2. The summed E-state index contributed by atoms with van der Waals surface area (Å²) in [5.74, 6) is 5.50. The number of esters is 1. The average Bonchev–Trinajstić information content (AvgIpc) is 3.27. The van der Waals surface area contributed by atoms with Crippen LogP contribution in [0.2, 0.25) is 0 Å². The Morgan fingerprint density at radius 2 is 2.07 bits per heavy atom. The molecule has 1 aromatic carbocycles. The fraction of sp³-hybridized carbons (Fsp3) is 0.222. The SMILES string of the molecule is CCOC(=O)Cc1csc(NC(=O)CSc2nc(-c3ccccc3)cn2N)n1. The number of imidazole rings is 1. The van der Waals surface area contributed by atoms with E-state index in [0.717, 1.165) is 11.3 Å². The number of hydrogen-bond acceptors (Lipinski definition) is 8. The highest BCUT2D eigenvalue weighted by atomic mass is 32.2.